The van der Waals surface area contributed by atoms with Crippen LogP contribution in [0, 0.1) is 0 Å². The summed E-state index contributed by atoms with van der Waals surface area (Å²) in [4.78, 5) is 0. The fraction of sp³-hybridized carbons (Fsp3) is 0.0714. The van der Waals surface area contributed by atoms with Crippen LogP contribution >= 0.6 is 0 Å². The summed E-state index contributed by atoms with van der Waals surface area (Å²) in [7, 11) is -12.7. The molecule has 2 N–H and O–H groups in total. The molecule has 0 aliphatic carbocycles. The molecule has 0 saturated heterocycles. The third-order valence-corrected chi connectivity index (χ3v) is 9.42. The first kappa shape index (κ1) is 28.1. The van der Waals surface area contributed by atoms with E-state index in [1.807, 2.05) is 0 Å². The Morgan fingerprint density at radius 2 is 0.727 bits per heavy atom. The topological polar surface area (TPSA) is 127 Å². The molecule has 0 aromatic heterocycles. The normalized spacial score (nSPS) is 13.8. The molecule has 0 fully saturated rings. The summed E-state index contributed by atoms with van der Waals surface area (Å²) in [6, 6.07) is 13.1. The Kier molecular flexibility index (Phi) is 5.41. The number of hydrogen-bond acceptors (Lipinski definition) is 8. The van der Waals surface area contributed by atoms with Gasteiger partial charge in [0.05, 0.1) is 0 Å². The maximum Gasteiger partial charge on any atom is 0.534 e. The highest BCUT2D eigenvalue weighted by atomic mass is 32.2. The molecule has 44 heavy (non-hydrogen) atoms. The summed E-state index contributed by atoms with van der Waals surface area (Å²) < 4.78 is 136. The van der Waals surface area contributed by atoms with Crippen LogP contribution < -0.4 is 8.37 Å². The zero-order valence-corrected chi connectivity index (χ0v) is 22.8. The Bertz CT molecular complexity index is 2410. The van der Waals surface area contributed by atoms with Crippen LogP contribution in [0.1, 0.15) is 0 Å². The van der Waals surface area contributed by atoms with E-state index in [4.69, 9.17) is 0 Å². The molecule has 7 rings (SSSR count). The number of phenols is 2. The van der Waals surface area contributed by atoms with Crippen LogP contribution in [0.4, 0.5) is 26.3 Å². The van der Waals surface area contributed by atoms with Gasteiger partial charge in [-0.15, -0.1) is 0 Å². The lowest BCUT2D eigenvalue weighted by atomic mass is 9.85. The lowest BCUT2D eigenvalue weighted by molar-refractivity contribution is -0.0502. The Morgan fingerprint density at radius 1 is 0.455 bits per heavy atom. The molecule has 0 aliphatic rings. The van der Waals surface area contributed by atoms with Crippen LogP contribution in [0.5, 0.6) is 23.0 Å². The van der Waals surface area contributed by atoms with Crippen LogP contribution in [0.3, 0.4) is 0 Å². The molecular weight excluding hydrogens is 642 g/mol. The van der Waals surface area contributed by atoms with Gasteiger partial charge in [0.2, 0.25) is 0 Å². The second-order valence-corrected chi connectivity index (χ2v) is 13.0. The highest BCUT2D eigenvalue weighted by Crippen LogP contribution is 2.51. The molecule has 0 aliphatic heterocycles. The Morgan fingerprint density at radius 3 is 1.07 bits per heavy atom. The minimum absolute atomic E-state index is 0.140. The van der Waals surface area contributed by atoms with Gasteiger partial charge in [-0.05, 0) is 56.6 Å². The van der Waals surface area contributed by atoms with Gasteiger partial charge >= 0.3 is 31.3 Å². The number of alkyl halides is 6. The Balaban J connectivity index is 1.67. The van der Waals surface area contributed by atoms with Crippen LogP contribution in [0.2, 0.25) is 0 Å². The summed E-state index contributed by atoms with van der Waals surface area (Å²) in [6.45, 7) is 0. The quantitative estimate of drug-likeness (QED) is 0.0663. The van der Waals surface area contributed by atoms with Gasteiger partial charge in [0.1, 0.15) is 11.5 Å². The largest absolute Gasteiger partial charge is 0.534 e. The number of fused-ring (bicyclic) bond motifs is 2. The van der Waals surface area contributed by atoms with Crippen molar-refractivity contribution in [2.45, 2.75) is 11.0 Å². The molecular formula is C28H12F6O8S2. The van der Waals surface area contributed by atoms with Crippen molar-refractivity contribution in [3.8, 4) is 23.0 Å². The molecule has 0 spiro atoms. The van der Waals surface area contributed by atoms with Crippen molar-refractivity contribution in [1.82, 2.24) is 0 Å². The zero-order valence-electron chi connectivity index (χ0n) is 21.2. The van der Waals surface area contributed by atoms with Crippen molar-refractivity contribution in [3.63, 3.8) is 0 Å². The van der Waals surface area contributed by atoms with Crippen molar-refractivity contribution in [2.75, 3.05) is 0 Å². The predicted molar refractivity (Wildman–Crippen MR) is 148 cm³/mol. The lowest BCUT2D eigenvalue weighted by Crippen LogP contribution is -2.29. The van der Waals surface area contributed by atoms with Crippen LogP contribution in [-0.2, 0) is 20.2 Å². The molecule has 7 aromatic carbocycles. The van der Waals surface area contributed by atoms with Crippen molar-refractivity contribution in [2.24, 2.45) is 0 Å². The van der Waals surface area contributed by atoms with E-state index in [0.29, 0.717) is 49.2 Å². The van der Waals surface area contributed by atoms with E-state index in [2.05, 4.69) is 8.37 Å². The Labute approximate surface area is 241 Å². The van der Waals surface area contributed by atoms with E-state index in [1.54, 1.807) is 24.3 Å². The molecule has 0 saturated carbocycles. The Hall–Kier alpha value is -4.70. The van der Waals surface area contributed by atoms with E-state index in [1.165, 1.54) is 30.3 Å². The first-order chi connectivity index (χ1) is 20.4. The van der Waals surface area contributed by atoms with Crippen molar-refractivity contribution >= 4 is 84.9 Å². The van der Waals surface area contributed by atoms with Crippen LogP contribution in [0.15, 0.2) is 60.7 Å². The average molecular weight is 655 g/mol. The molecule has 0 radical (unpaired) electrons. The standard InChI is InChI=1S/C28H12F6O8S2/c29-27(30,31)43(37,38)41-21-10-22(42-44(39,40)28(32,33)34)18-8-4-14-12-2-6-16-20(36)9-19(35)15-5-1-11(23(12)25(15)16)13-3-7-17(21)26(18)24(13)14/h1-10,35-36H. The number of rotatable bonds is 4. The maximum absolute atomic E-state index is 13.3. The van der Waals surface area contributed by atoms with Gasteiger partial charge < -0.3 is 18.6 Å². The average Bonchev–Trinajstić information content (AvgIpc) is 2.92. The summed E-state index contributed by atoms with van der Waals surface area (Å²) in [5.74, 6) is -2.68. The number of aromatic hydroxyl groups is 2. The first-order valence-corrected chi connectivity index (χ1v) is 15.0. The van der Waals surface area contributed by atoms with Gasteiger partial charge in [0.25, 0.3) is 0 Å². The highest BCUT2D eigenvalue weighted by Gasteiger charge is 2.50. The maximum atomic E-state index is 13.3. The number of benzene rings is 7. The van der Waals surface area contributed by atoms with Gasteiger partial charge in [-0.1, -0.05) is 24.3 Å². The first-order valence-electron chi connectivity index (χ1n) is 12.2. The van der Waals surface area contributed by atoms with E-state index >= 15 is 0 Å². The molecule has 7 aromatic rings. The van der Waals surface area contributed by atoms with Gasteiger partial charge in [0.15, 0.2) is 11.5 Å². The minimum Gasteiger partial charge on any atom is -0.507 e. The molecule has 0 amide bonds. The second-order valence-electron chi connectivity index (χ2n) is 9.90. The molecule has 8 nitrogen and oxygen atoms in total. The predicted octanol–water partition coefficient (Wildman–Crippen LogP) is 7.35. The summed E-state index contributed by atoms with van der Waals surface area (Å²) in [5, 5.41) is 24.1. The van der Waals surface area contributed by atoms with Crippen molar-refractivity contribution < 1.29 is 61.8 Å². The van der Waals surface area contributed by atoms with E-state index in [0.717, 1.165) is 0 Å². The lowest BCUT2D eigenvalue weighted by Gasteiger charge is -2.21. The van der Waals surface area contributed by atoms with E-state index < -0.39 is 42.8 Å². The summed E-state index contributed by atoms with van der Waals surface area (Å²) >= 11 is 0. The van der Waals surface area contributed by atoms with E-state index in [9.17, 15) is 53.4 Å². The van der Waals surface area contributed by atoms with Gasteiger partial charge in [-0.25, -0.2) is 0 Å². The minimum atomic E-state index is -6.37. The van der Waals surface area contributed by atoms with Crippen LogP contribution in [0.25, 0.3) is 64.6 Å². The molecule has 226 valence electrons. The number of hydrogen-bond donors (Lipinski definition) is 2. The monoisotopic (exact) mass is 654 g/mol. The fourth-order valence-electron chi connectivity index (χ4n) is 5.75. The SMILES string of the molecule is O=S(=O)(Oc1cc(OS(=O)(=O)C(F)(F)F)c2ccc3c4ccc5c(O)cc(O)c6ccc(c7ccc1c2c73)c4c65)C(F)(F)F. The molecule has 0 bridgehead atoms. The molecule has 16 heteroatoms. The van der Waals surface area contributed by atoms with E-state index in [-0.39, 0.29) is 33.0 Å². The molecule has 0 heterocycles. The van der Waals surface area contributed by atoms with Crippen molar-refractivity contribution in [3.05, 3.63) is 60.7 Å². The summed E-state index contributed by atoms with van der Waals surface area (Å²) in [5.41, 5.74) is -11.9. The third-order valence-electron chi connectivity index (χ3n) is 7.49. The van der Waals surface area contributed by atoms with Gasteiger partial charge in [-0.3, -0.25) is 0 Å². The molecule has 0 atom stereocenters. The summed E-state index contributed by atoms with van der Waals surface area (Å²) in [6.07, 6.45) is 0. The fourth-order valence-corrected chi connectivity index (χ4v) is 6.69. The second kappa shape index (κ2) is 8.47. The van der Waals surface area contributed by atoms with Gasteiger partial charge in [0, 0.05) is 44.5 Å². The van der Waals surface area contributed by atoms with Crippen molar-refractivity contribution in [1.29, 1.82) is 0 Å². The highest BCUT2D eigenvalue weighted by molar-refractivity contribution is 7.88. The third kappa shape index (κ3) is 3.70. The smallest absolute Gasteiger partial charge is 0.507 e. The number of halogens is 6. The molecule has 0 unspecified atom stereocenters. The van der Waals surface area contributed by atoms with Crippen LogP contribution in [-0.4, -0.2) is 38.1 Å². The number of phenolic OH excluding ortho intramolecular Hbond substituents is 2. The zero-order chi connectivity index (χ0) is 31.7. The van der Waals surface area contributed by atoms with Gasteiger partial charge in [-0.2, -0.15) is 43.2 Å².